The van der Waals surface area contributed by atoms with Crippen molar-refractivity contribution in [3.8, 4) is 11.5 Å². The summed E-state index contributed by atoms with van der Waals surface area (Å²) in [6.07, 6.45) is 1.08. The molecule has 3 heterocycles. The van der Waals surface area contributed by atoms with Gasteiger partial charge in [0.25, 0.3) is 0 Å². The number of nitrogens with one attached hydrogen (secondary N) is 1. The van der Waals surface area contributed by atoms with Gasteiger partial charge < -0.3 is 29.2 Å². The third kappa shape index (κ3) is 5.91. The summed E-state index contributed by atoms with van der Waals surface area (Å²) >= 11 is 0. The second-order valence-electron chi connectivity index (χ2n) is 9.90. The van der Waals surface area contributed by atoms with Gasteiger partial charge in [-0.25, -0.2) is 0 Å². The lowest BCUT2D eigenvalue weighted by molar-refractivity contribution is -0.124. The molecule has 1 aromatic carbocycles. The van der Waals surface area contributed by atoms with Gasteiger partial charge in [-0.2, -0.15) is 0 Å². The molecular weight excluding hydrogens is 462 g/mol. The minimum atomic E-state index is -0.791. The Bertz CT molecular complexity index is 1090. The van der Waals surface area contributed by atoms with Gasteiger partial charge in [0.15, 0.2) is 5.76 Å². The molecule has 2 fully saturated rings. The first-order valence-corrected chi connectivity index (χ1v) is 12.6. The van der Waals surface area contributed by atoms with Crippen LogP contribution in [0.4, 0.5) is 0 Å². The van der Waals surface area contributed by atoms with Gasteiger partial charge in [0, 0.05) is 63.8 Å². The van der Waals surface area contributed by atoms with Crippen LogP contribution in [-0.4, -0.2) is 80.9 Å². The second-order valence-corrected chi connectivity index (χ2v) is 9.90. The van der Waals surface area contributed by atoms with E-state index >= 15 is 0 Å². The van der Waals surface area contributed by atoms with Crippen LogP contribution in [-0.2, 0) is 14.9 Å². The normalized spacial score (nSPS) is 19.5. The number of rotatable bonds is 8. The van der Waals surface area contributed by atoms with Crippen molar-refractivity contribution >= 4 is 5.91 Å². The Labute approximate surface area is 212 Å². The lowest BCUT2D eigenvalue weighted by atomic mass is 9.74. The molecule has 196 valence electrons. The fourth-order valence-corrected chi connectivity index (χ4v) is 5.21. The zero-order valence-electron chi connectivity index (χ0n) is 21.4. The van der Waals surface area contributed by atoms with Crippen molar-refractivity contribution in [2.45, 2.75) is 37.6 Å². The molecule has 2 N–H and O–H groups in total. The van der Waals surface area contributed by atoms with E-state index in [0.717, 1.165) is 37.5 Å². The molecule has 1 atom stereocenters. The summed E-state index contributed by atoms with van der Waals surface area (Å²) < 4.78 is 16.7. The molecular formula is C27H37N3O6. The Morgan fingerprint density at radius 3 is 2.47 bits per heavy atom. The predicted octanol–water partition coefficient (Wildman–Crippen LogP) is 2.21. The van der Waals surface area contributed by atoms with E-state index in [9.17, 15) is 14.7 Å². The molecule has 2 aromatic rings. The maximum atomic E-state index is 13.3. The molecule has 1 aromatic heterocycles. The average molecular weight is 500 g/mol. The van der Waals surface area contributed by atoms with Crippen LogP contribution >= 0.6 is 0 Å². The standard InChI is InChI=1S/C27H37N3O6/c1-19-16-23(31)25(33)26(36-19)27(8-14-35-15-9-27)17-24(32)28-18-22(30-12-10-29(2)11-13-30)20-4-6-21(34-3)7-5-20/h4-7,16,22,33H,8-15,17-18H2,1-3H3,(H,28,32). The second kappa shape index (κ2) is 11.5. The van der Waals surface area contributed by atoms with Gasteiger partial charge in [-0.1, -0.05) is 12.1 Å². The van der Waals surface area contributed by atoms with Crippen LogP contribution in [0.1, 0.15) is 42.4 Å². The van der Waals surface area contributed by atoms with Crippen LogP contribution in [0.25, 0.3) is 0 Å². The number of nitrogens with zero attached hydrogens (tertiary/aromatic N) is 2. The number of carbonyl (C=O) groups is 1. The number of aromatic hydroxyl groups is 1. The number of methoxy groups -OCH3 is 1. The van der Waals surface area contributed by atoms with E-state index in [4.69, 9.17) is 13.9 Å². The number of carbonyl (C=O) groups excluding carboxylic acids is 1. The number of aryl methyl sites for hydroxylation is 1. The third-order valence-electron chi connectivity index (χ3n) is 7.45. The molecule has 0 bridgehead atoms. The largest absolute Gasteiger partial charge is 0.502 e. The van der Waals surface area contributed by atoms with E-state index in [-0.39, 0.29) is 24.1 Å². The van der Waals surface area contributed by atoms with Crippen molar-refractivity contribution in [2.75, 3.05) is 60.1 Å². The highest BCUT2D eigenvalue weighted by Gasteiger charge is 2.42. The van der Waals surface area contributed by atoms with E-state index in [0.29, 0.717) is 38.4 Å². The monoisotopic (exact) mass is 499 g/mol. The number of hydrogen-bond acceptors (Lipinski definition) is 8. The highest BCUT2D eigenvalue weighted by Crippen LogP contribution is 2.41. The van der Waals surface area contributed by atoms with E-state index in [1.54, 1.807) is 14.0 Å². The van der Waals surface area contributed by atoms with Crippen LogP contribution in [0.2, 0.25) is 0 Å². The highest BCUT2D eigenvalue weighted by atomic mass is 16.5. The lowest BCUT2D eigenvalue weighted by Crippen LogP contribution is -2.49. The number of likely N-dealkylation sites (N-methyl/N-ethyl adjacent to an activating group) is 1. The van der Waals surface area contributed by atoms with Gasteiger partial charge in [0.05, 0.1) is 13.2 Å². The van der Waals surface area contributed by atoms with Gasteiger partial charge in [0.1, 0.15) is 11.5 Å². The van der Waals surface area contributed by atoms with Crippen LogP contribution in [0.15, 0.2) is 39.5 Å². The summed E-state index contributed by atoms with van der Waals surface area (Å²) in [6, 6.07) is 9.27. The SMILES string of the molecule is COc1ccc(C(CNC(=O)CC2(c3oc(C)cc(=O)c3O)CCOCC2)N2CCN(C)CC2)cc1. The molecule has 0 spiro atoms. The third-order valence-corrected chi connectivity index (χ3v) is 7.45. The Hall–Kier alpha value is -2.88. The molecule has 1 unspecified atom stereocenters. The number of benzene rings is 1. The van der Waals surface area contributed by atoms with Gasteiger partial charge in [0.2, 0.25) is 17.1 Å². The van der Waals surface area contributed by atoms with E-state index in [1.165, 1.54) is 6.07 Å². The Morgan fingerprint density at radius 1 is 1.17 bits per heavy atom. The van der Waals surface area contributed by atoms with Crippen molar-refractivity contribution in [3.05, 3.63) is 57.6 Å². The van der Waals surface area contributed by atoms with Crippen molar-refractivity contribution < 1.29 is 23.8 Å². The molecule has 9 nitrogen and oxygen atoms in total. The first-order chi connectivity index (χ1) is 17.3. The van der Waals surface area contributed by atoms with E-state index < -0.39 is 16.6 Å². The van der Waals surface area contributed by atoms with Crippen LogP contribution in [0.5, 0.6) is 11.5 Å². The smallest absolute Gasteiger partial charge is 0.227 e. The molecule has 1 amide bonds. The predicted molar refractivity (Wildman–Crippen MR) is 136 cm³/mol. The van der Waals surface area contributed by atoms with Crippen molar-refractivity contribution in [3.63, 3.8) is 0 Å². The summed E-state index contributed by atoms with van der Waals surface area (Å²) in [5.74, 6) is 0.836. The minimum absolute atomic E-state index is 0.0181. The number of piperazine rings is 1. The quantitative estimate of drug-likeness (QED) is 0.570. The van der Waals surface area contributed by atoms with Crippen molar-refractivity contribution in [1.29, 1.82) is 0 Å². The zero-order chi connectivity index (χ0) is 25.7. The molecule has 4 rings (SSSR count). The topological polar surface area (TPSA) is 104 Å². The molecule has 0 saturated carbocycles. The molecule has 2 saturated heterocycles. The first-order valence-electron chi connectivity index (χ1n) is 12.6. The first kappa shape index (κ1) is 26.2. The summed E-state index contributed by atoms with van der Waals surface area (Å²) in [7, 11) is 3.77. The maximum Gasteiger partial charge on any atom is 0.227 e. The molecule has 36 heavy (non-hydrogen) atoms. The van der Waals surface area contributed by atoms with E-state index in [2.05, 4.69) is 22.2 Å². The fourth-order valence-electron chi connectivity index (χ4n) is 5.21. The number of amides is 1. The van der Waals surface area contributed by atoms with Crippen LogP contribution in [0.3, 0.4) is 0 Å². The number of ether oxygens (including phenoxy) is 2. The van der Waals surface area contributed by atoms with Gasteiger partial charge in [-0.3, -0.25) is 14.5 Å². The minimum Gasteiger partial charge on any atom is -0.502 e. The van der Waals surface area contributed by atoms with Gasteiger partial charge in [-0.05, 0) is 44.5 Å². The number of hydrogen-bond donors (Lipinski definition) is 2. The highest BCUT2D eigenvalue weighted by molar-refractivity contribution is 5.77. The molecule has 2 aliphatic heterocycles. The van der Waals surface area contributed by atoms with Crippen LogP contribution in [0, 0.1) is 6.92 Å². The summed E-state index contributed by atoms with van der Waals surface area (Å²) in [4.78, 5) is 30.3. The fraction of sp³-hybridized carbons (Fsp3) is 0.556. The molecule has 9 heteroatoms. The Balaban J connectivity index is 1.52. The van der Waals surface area contributed by atoms with Crippen molar-refractivity contribution in [1.82, 2.24) is 15.1 Å². The summed E-state index contributed by atoms with van der Waals surface area (Å²) in [5.41, 5.74) is -0.167. The van der Waals surface area contributed by atoms with Gasteiger partial charge in [-0.15, -0.1) is 0 Å². The molecule has 0 aliphatic carbocycles. The Morgan fingerprint density at radius 2 is 1.83 bits per heavy atom. The molecule has 2 aliphatic rings. The van der Waals surface area contributed by atoms with E-state index in [1.807, 2.05) is 24.3 Å². The zero-order valence-corrected chi connectivity index (χ0v) is 21.4. The maximum absolute atomic E-state index is 13.3. The van der Waals surface area contributed by atoms with Crippen molar-refractivity contribution in [2.24, 2.45) is 0 Å². The summed E-state index contributed by atoms with van der Waals surface area (Å²) in [5, 5.41) is 13.7. The lowest BCUT2D eigenvalue weighted by Gasteiger charge is -2.39. The molecule has 0 radical (unpaired) electrons. The average Bonchev–Trinajstić information content (AvgIpc) is 2.88. The van der Waals surface area contributed by atoms with Gasteiger partial charge >= 0.3 is 0 Å². The van der Waals surface area contributed by atoms with Crippen LogP contribution < -0.4 is 15.5 Å². The summed E-state index contributed by atoms with van der Waals surface area (Å²) in [6.45, 7) is 6.74. The Kier molecular flexibility index (Phi) is 8.33.